The number of carbonyl (C=O) groups excluding carboxylic acids is 1. The number of halogens is 1. The first-order valence-corrected chi connectivity index (χ1v) is 8.25. The van der Waals surface area contributed by atoms with Crippen molar-refractivity contribution in [1.82, 2.24) is 15.2 Å². The second-order valence-corrected chi connectivity index (χ2v) is 6.22. The third kappa shape index (κ3) is 3.97. The van der Waals surface area contributed by atoms with E-state index in [0.29, 0.717) is 17.0 Å². The maximum atomic E-state index is 12.8. The van der Waals surface area contributed by atoms with Crippen molar-refractivity contribution >= 4 is 29.2 Å². The molecule has 0 unspecified atom stereocenters. The summed E-state index contributed by atoms with van der Waals surface area (Å²) in [7, 11) is 1.97. The van der Waals surface area contributed by atoms with Gasteiger partial charge in [-0.3, -0.25) is 9.59 Å². The van der Waals surface area contributed by atoms with Crippen molar-refractivity contribution in [3.63, 3.8) is 0 Å². The smallest absolute Gasteiger partial charge is 0.254 e. The fourth-order valence-electron chi connectivity index (χ4n) is 3.33. The van der Waals surface area contributed by atoms with Gasteiger partial charge >= 0.3 is 0 Å². The van der Waals surface area contributed by atoms with Gasteiger partial charge in [-0.1, -0.05) is 18.2 Å². The predicted octanol–water partition coefficient (Wildman–Crippen LogP) is 2.41. The predicted molar refractivity (Wildman–Crippen MR) is 99.0 cm³/mol. The number of hydrogen-bond donors (Lipinski definition) is 2. The average Bonchev–Trinajstić information content (AvgIpc) is 2.59. The van der Waals surface area contributed by atoms with Gasteiger partial charge in [0, 0.05) is 30.1 Å². The number of pyridine rings is 1. The largest absolute Gasteiger partial charge is 0.339 e. The number of aromatic nitrogens is 1. The van der Waals surface area contributed by atoms with E-state index in [1.54, 1.807) is 0 Å². The molecule has 0 spiro atoms. The third-order valence-corrected chi connectivity index (χ3v) is 4.69. The molecule has 2 heterocycles. The normalized spacial score (nSPS) is 15.3. The van der Waals surface area contributed by atoms with E-state index in [9.17, 15) is 9.59 Å². The van der Waals surface area contributed by atoms with Crippen molar-refractivity contribution in [2.45, 2.75) is 19.3 Å². The molecule has 1 fully saturated rings. The molecule has 3 rings (SSSR count). The van der Waals surface area contributed by atoms with Gasteiger partial charge in [0.1, 0.15) is 0 Å². The van der Waals surface area contributed by atoms with E-state index in [1.807, 2.05) is 36.2 Å². The molecule has 1 aromatic heterocycles. The van der Waals surface area contributed by atoms with Crippen molar-refractivity contribution < 1.29 is 4.79 Å². The number of nitrogens with zero attached hydrogens (tertiary/aromatic N) is 1. The third-order valence-electron chi connectivity index (χ3n) is 4.69. The van der Waals surface area contributed by atoms with Crippen LogP contribution in [0.4, 0.5) is 0 Å². The Bertz CT molecular complexity index is 751. The fourth-order valence-corrected chi connectivity index (χ4v) is 3.33. The summed E-state index contributed by atoms with van der Waals surface area (Å²) < 4.78 is 0. The van der Waals surface area contributed by atoms with Gasteiger partial charge in [0.15, 0.2) is 0 Å². The maximum absolute atomic E-state index is 12.8. The van der Waals surface area contributed by atoms with Crippen LogP contribution >= 0.6 is 12.4 Å². The highest BCUT2D eigenvalue weighted by atomic mass is 35.5. The number of nitrogens with one attached hydrogen (secondary N) is 2. The standard InChI is InChI=1S/C18H23N3O2.ClH/c1-19-9-6-13-7-10-21(11-8-13)18(23)15-12-17(22)20-16-5-3-2-4-14(15)16;/h2-5,12-13,19H,6-11H2,1H3,(H,20,22);1H. The van der Waals surface area contributed by atoms with Gasteiger partial charge in [0.25, 0.3) is 5.91 Å². The van der Waals surface area contributed by atoms with Crippen LogP contribution in [0, 0.1) is 5.92 Å². The van der Waals surface area contributed by atoms with E-state index in [1.165, 1.54) is 6.07 Å². The molecule has 0 saturated carbocycles. The topological polar surface area (TPSA) is 65.2 Å². The summed E-state index contributed by atoms with van der Waals surface area (Å²) in [6, 6.07) is 8.90. The summed E-state index contributed by atoms with van der Waals surface area (Å²) >= 11 is 0. The Kier molecular flexibility index (Phi) is 6.40. The van der Waals surface area contributed by atoms with Gasteiger partial charge < -0.3 is 15.2 Å². The van der Waals surface area contributed by atoms with E-state index in [-0.39, 0.29) is 23.9 Å². The Morgan fingerprint density at radius 1 is 1.29 bits per heavy atom. The van der Waals surface area contributed by atoms with E-state index < -0.39 is 0 Å². The van der Waals surface area contributed by atoms with Crippen LogP contribution in [-0.4, -0.2) is 42.5 Å². The second kappa shape index (κ2) is 8.31. The molecule has 1 aliphatic rings. The average molecular weight is 350 g/mol. The number of likely N-dealkylation sites (tertiary alicyclic amines) is 1. The summed E-state index contributed by atoms with van der Waals surface area (Å²) in [5.74, 6) is 0.654. The number of hydrogen-bond acceptors (Lipinski definition) is 3. The molecule has 1 aromatic carbocycles. The summed E-state index contributed by atoms with van der Waals surface area (Å²) in [4.78, 5) is 29.3. The van der Waals surface area contributed by atoms with E-state index in [0.717, 1.165) is 44.3 Å². The number of benzene rings is 1. The van der Waals surface area contributed by atoms with Crippen molar-refractivity contribution in [3.05, 3.63) is 46.2 Å². The number of fused-ring (bicyclic) bond motifs is 1. The van der Waals surface area contributed by atoms with Crippen molar-refractivity contribution in [1.29, 1.82) is 0 Å². The van der Waals surface area contributed by atoms with Gasteiger partial charge in [-0.15, -0.1) is 12.4 Å². The lowest BCUT2D eigenvalue weighted by Crippen LogP contribution is -2.39. The van der Waals surface area contributed by atoms with E-state index >= 15 is 0 Å². The highest BCUT2D eigenvalue weighted by Crippen LogP contribution is 2.23. The zero-order valence-corrected chi connectivity index (χ0v) is 14.7. The molecule has 5 nitrogen and oxygen atoms in total. The minimum atomic E-state index is -0.226. The Hall–Kier alpha value is -1.85. The summed E-state index contributed by atoms with van der Waals surface area (Å²) in [5.41, 5.74) is 1.00. The molecule has 2 aromatic rings. The van der Waals surface area contributed by atoms with Gasteiger partial charge in [0.05, 0.1) is 5.56 Å². The highest BCUT2D eigenvalue weighted by molar-refractivity contribution is 6.05. The van der Waals surface area contributed by atoms with Gasteiger partial charge in [0.2, 0.25) is 5.56 Å². The van der Waals surface area contributed by atoms with E-state index in [4.69, 9.17) is 0 Å². The number of amides is 1. The van der Waals surface area contributed by atoms with Crippen LogP contribution < -0.4 is 10.9 Å². The van der Waals surface area contributed by atoms with Crippen molar-refractivity contribution in [2.24, 2.45) is 5.92 Å². The molecule has 2 N–H and O–H groups in total. The van der Waals surface area contributed by atoms with Crippen LogP contribution in [0.1, 0.15) is 29.6 Å². The Labute approximate surface area is 147 Å². The van der Waals surface area contributed by atoms with E-state index in [2.05, 4.69) is 10.3 Å². The molecule has 0 aliphatic carbocycles. The molecular weight excluding hydrogens is 326 g/mol. The first kappa shape index (κ1) is 18.5. The second-order valence-electron chi connectivity index (χ2n) is 6.22. The van der Waals surface area contributed by atoms with Gasteiger partial charge in [-0.25, -0.2) is 0 Å². The number of para-hydroxylation sites is 1. The van der Waals surface area contributed by atoms with Crippen LogP contribution in [0.3, 0.4) is 0 Å². The summed E-state index contributed by atoms with van der Waals surface area (Å²) in [6.45, 7) is 2.57. The molecule has 1 saturated heterocycles. The van der Waals surface area contributed by atoms with Crippen LogP contribution in [0.2, 0.25) is 0 Å². The quantitative estimate of drug-likeness (QED) is 0.890. The Balaban J connectivity index is 0.00000208. The Morgan fingerprint density at radius 2 is 2.00 bits per heavy atom. The fraction of sp³-hybridized carbons (Fsp3) is 0.444. The lowest BCUT2D eigenvalue weighted by molar-refractivity contribution is 0.0689. The number of H-pyrrole nitrogens is 1. The molecule has 0 atom stereocenters. The molecule has 1 aliphatic heterocycles. The first-order chi connectivity index (χ1) is 11.2. The number of rotatable bonds is 4. The molecule has 0 radical (unpaired) electrons. The highest BCUT2D eigenvalue weighted by Gasteiger charge is 2.24. The minimum Gasteiger partial charge on any atom is -0.339 e. The molecule has 6 heteroatoms. The lowest BCUT2D eigenvalue weighted by Gasteiger charge is -2.32. The molecular formula is C18H24ClN3O2. The molecule has 1 amide bonds. The zero-order chi connectivity index (χ0) is 16.2. The van der Waals surface area contributed by atoms with Crippen molar-refractivity contribution in [3.8, 4) is 0 Å². The van der Waals surface area contributed by atoms with Crippen LogP contribution in [-0.2, 0) is 0 Å². The number of carbonyl (C=O) groups is 1. The Morgan fingerprint density at radius 3 is 2.71 bits per heavy atom. The number of piperidine rings is 1. The van der Waals surface area contributed by atoms with Gasteiger partial charge in [-0.2, -0.15) is 0 Å². The van der Waals surface area contributed by atoms with Crippen LogP contribution in [0.5, 0.6) is 0 Å². The first-order valence-electron chi connectivity index (χ1n) is 8.25. The molecule has 130 valence electrons. The molecule has 24 heavy (non-hydrogen) atoms. The SMILES string of the molecule is CNCCC1CCN(C(=O)c2cc(=O)[nH]c3ccccc23)CC1.Cl. The summed E-state index contributed by atoms with van der Waals surface area (Å²) in [5, 5.41) is 4.00. The maximum Gasteiger partial charge on any atom is 0.254 e. The minimum absolute atomic E-state index is 0. The monoisotopic (exact) mass is 349 g/mol. The van der Waals surface area contributed by atoms with Crippen LogP contribution in [0.25, 0.3) is 10.9 Å². The van der Waals surface area contributed by atoms with Crippen molar-refractivity contribution in [2.75, 3.05) is 26.7 Å². The zero-order valence-electron chi connectivity index (χ0n) is 13.9. The van der Waals surface area contributed by atoms with Crippen LogP contribution in [0.15, 0.2) is 35.1 Å². The summed E-state index contributed by atoms with van der Waals surface area (Å²) in [6.07, 6.45) is 3.23. The van der Waals surface area contributed by atoms with Gasteiger partial charge in [-0.05, 0) is 44.8 Å². The number of aromatic amines is 1. The molecule has 0 bridgehead atoms. The lowest BCUT2D eigenvalue weighted by atomic mass is 9.93.